The molecule has 106 valence electrons. The average molecular weight is 339 g/mol. The molecule has 2 aromatic rings. The van der Waals surface area contributed by atoms with Crippen molar-refractivity contribution in [2.24, 2.45) is 0 Å². The Morgan fingerprint density at radius 2 is 2.15 bits per heavy atom. The molecular formula is C15H16BrFN2O. The van der Waals surface area contributed by atoms with Crippen LogP contribution in [-0.4, -0.2) is 11.5 Å². The van der Waals surface area contributed by atoms with E-state index in [4.69, 9.17) is 4.74 Å². The van der Waals surface area contributed by atoms with Gasteiger partial charge in [-0.05, 0) is 53.7 Å². The summed E-state index contributed by atoms with van der Waals surface area (Å²) in [5.41, 5.74) is 0.784. The zero-order chi connectivity index (χ0) is 14.5. The summed E-state index contributed by atoms with van der Waals surface area (Å²) in [7, 11) is 0. The van der Waals surface area contributed by atoms with E-state index in [1.807, 2.05) is 19.9 Å². The van der Waals surface area contributed by atoms with Gasteiger partial charge in [0.1, 0.15) is 17.3 Å². The third-order valence-corrected chi connectivity index (χ3v) is 3.29. The lowest BCUT2D eigenvalue weighted by Gasteiger charge is -2.17. The fourth-order valence-corrected chi connectivity index (χ4v) is 2.29. The van der Waals surface area contributed by atoms with Crippen molar-refractivity contribution < 1.29 is 9.13 Å². The number of aromatic nitrogens is 1. The number of benzene rings is 1. The van der Waals surface area contributed by atoms with Crippen LogP contribution in [0, 0.1) is 5.82 Å². The lowest BCUT2D eigenvalue weighted by atomic mass is 10.1. The molecule has 3 nitrogen and oxygen atoms in total. The van der Waals surface area contributed by atoms with Gasteiger partial charge in [0.25, 0.3) is 0 Å². The molecule has 0 amide bonds. The molecule has 0 aliphatic carbocycles. The van der Waals surface area contributed by atoms with Crippen molar-refractivity contribution >= 4 is 15.9 Å². The summed E-state index contributed by atoms with van der Waals surface area (Å²) in [5, 5.41) is 3.25. The van der Waals surface area contributed by atoms with Crippen molar-refractivity contribution in [1.29, 1.82) is 0 Å². The number of nitrogens with zero attached hydrogens (tertiary/aromatic N) is 1. The Labute approximate surface area is 126 Å². The Balaban J connectivity index is 2.31. The summed E-state index contributed by atoms with van der Waals surface area (Å²) in [6, 6.07) is 6.35. The van der Waals surface area contributed by atoms with Crippen molar-refractivity contribution in [1.82, 2.24) is 10.3 Å². The number of ether oxygens (including phenoxy) is 1. The molecule has 1 heterocycles. The molecule has 1 unspecified atom stereocenters. The molecule has 2 rings (SSSR count). The van der Waals surface area contributed by atoms with Crippen LogP contribution < -0.4 is 10.1 Å². The van der Waals surface area contributed by atoms with Gasteiger partial charge < -0.3 is 10.1 Å². The molecule has 0 bridgehead atoms. The molecule has 0 saturated carbocycles. The molecule has 1 atom stereocenters. The van der Waals surface area contributed by atoms with Gasteiger partial charge in [0.2, 0.25) is 0 Å². The summed E-state index contributed by atoms with van der Waals surface area (Å²) in [4.78, 5) is 4.05. The van der Waals surface area contributed by atoms with Gasteiger partial charge in [0, 0.05) is 22.3 Å². The first-order valence-corrected chi connectivity index (χ1v) is 7.20. The van der Waals surface area contributed by atoms with Crippen LogP contribution in [0.1, 0.15) is 25.5 Å². The Morgan fingerprint density at radius 3 is 2.85 bits per heavy atom. The van der Waals surface area contributed by atoms with E-state index in [2.05, 4.69) is 26.2 Å². The molecule has 0 aliphatic rings. The van der Waals surface area contributed by atoms with Crippen LogP contribution in [0.15, 0.2) is 41.1 Å². The molecule has 0 saturated heterocycles. The van der Waals surface area contributed by atoms with E-state index >= 15 is 0 Å². The smallest absolute Gasteiger partial charge is 0.146 e. The second-order valence-electron chi connectivity index (χ2n) is 4.40. The van der Waals surface area contributed by atoms with Crippen LogP contribution in [0.4, 0.5) is 4.39 Å². The highest BCUT2D eigenvalue weighted by atomic mass is 79.9. The van der Waals surface area contributed by atoms with Gasteiger partial charge in [-0.3, -0.25) is 4.98 Å². The number of nitrogens with one attached hydrogen (secondary N) is 1. The molecule has 0 radical (unpaired) electrons. The summed E-state index contributed by atoms with van der Waals surface area (Å²) in [5.74, 6) is 0.958. The molecule has 5 heteroatoms. The fourth-order valence-electron chi connectivity index (χ4n) is 1.94. The van der Waals surface area contributed by atoms with E-state index in [1.165, 1.54) is 12.1 Å². The maximum absolute atomic E-state index is 13.4. The third kappa shape index (κ3) is 3.77. The minimum atomic E-state index is -0.274. The predicted octanol–water partition coefficient (Wildman–Crippen LogP) is 4.45. The fraction of sp³-hybridized carbons (Fsp3) is 0.267. The van der Waals surface area contributed by atoms with E-state index in [0.717, 1.165) is 16.6 Å². The largest absolute Gasteiger partial charge is 0.455 e. The van der Waals surface area contributed by atoms with Crippen molar-refractivity contribution in [3.05, 3.63) is 52.5 Å². The molecule has 1 aromatic carbocycles. The second-order valence-corrected chi connectivity index (χ2v) is 5.32. The predicted molar refractivity (Wildman–Crippen MR) is 80.5 cm³/mol. The number of hydrogen-bond acceptors (Lipinski definition) is 3. The Hall–Kier alpha value is -1.46. The molecule has 20 heavy (non-hydrogen) atoms. The van der Waals surface area contributed by atoms with E-state index in [-0.39, 0.29) is 11.9 Å². The molecule has 1 N–H and O–H groups in total. The Morgan fingerprint density at radius 1 is 1.35 bits per heavy atom. The molecule has 1 aromatic heterocycles. The van der Waals surface area contributed by atoms with Gasteiger partial charge in [0.15, 0.2) is 0 Å². The number of rotatable bonds is 5. The highest BCUT2D eigenvalue weighted by molar-refractivity contribution is 9.10. The molecule has 0 fully saturated rings. The maximum Gasteiger partial charge on any atom is 0.146 e. The SMILES string of the molecule is CCNC(C)c1cc(F)ccc1Oc1cncc(Br)c1. The summed E-state index contributed by atoms with van der Waals surface area (Å²) in [6.45, 7) is 4.79. The van der Waals surface area contributed by atoms with Gasteiger partial charge in [-0.1, -0.05) is 6.92 Å². The van der Waals surface area contributed by atoms with Crippen molar-refractivity contribution in [3.63, 3.8) is 0 Å². The second kappa shape index (κ2) is 6.81. The summed E-state index contributed by atoms with van der Waals surface area (Å²) < 4.78 is 20.1. The normalized spacial score (nSPS) is 12.2. The van der Waals surface area contributed by atoms with E-state index < -0.39 is 0 Å². The van der Waals surface area contributed by atoms with Crippen LogP contribution in [0.5, 0.6) is 11.5 Å². The Kier molecular flexibility index (Phi) is 5.09. The van der Waals surface area contributed by atoms with Gasteiger partial charge >= 0.3 is 0 Å². The van der Waals surface area contributed by atoms with Gasteiger partial charge in [-0.15, -0.1) is 0 Å². The highest BCUT2D eigenvalue weighted by Crippen LogP contribution is 2.30. The summed E-state index contributed by atoms with van der Waals surface area (Å²) in [6.07, 6.45) is 3.30. The van der Waals surface area contributed by atoms with Gasteiger partial charge in [0.05, 0.1) is 6.20 Å². The minimum Gasteiger partial charge on any atom is -0.455 e. The standard InChI is InChI=1S/C15H16BrFN2O/c1-3-19-10(2)14-7-12(17)4-5-15(14)20-13-6-11(16)8-18-9-13/h4-10,19H,3H2,1-2H3. The van der Waals surface area contributed by atoms with Gasteiger partial charge in [-0.25, -0.2) is 4.39 Å². The zero-order valence-corrected chi connectivity index (χ0v) is 12.9. The quantitative estimate of drug-likeness (QED) is 0.874. The van der Waals surface area contributed by atoms with E-state index in [9.17, 15) is 4.39 Å². The zero-order valence-electron chi connectivity index (χ0n) is 11.4. The molecular weight excluding hydrogens is 323 g/mol. The monoisotopic (exact) mass is 338 g/mol. The van der Waals surface area contributed by atoms with Crippen LogP contribution in [0.25, 0.3) is 0 Å². The molecule has 0 aliphatic heterocycles. The van der Waals surface area contributed by atoms with Crippen molar-refractivity contribution in [3.8, 4) is 11.5 Å². The maximum atomic E-state index is 13.4. The van der Waals surface area contributed by atoms with Gasteiger partial charge in [-0.2, -0.15) is 0 Å². The van der Waals surface area contributed by atoms with Crippen LogP contribution in [0.2, 0.25) is 0 Å². The third-order valence-electron chi connectivity index (χ3n) is 2.86. The highest BCUT2D eigenvalue weighted by Gasteiger charge is 2.13. The summed E-state index contributed by atoms with van der Waals surface area (Å²) >= 11 is 3.34. The van der Waals surface area contributed by atoms with E-state index in [0.29, 0.717) is 11.5 Å². The Bertz CT molecular complexity index is 592. The lowest BCUT2D eigenvalue weighted by Crippen LogP contribution is -2.18. The van der Waals surface area contributed by atoms with Crippen LogP contribution >= 0.6 is 15.9 Å². The number of pyridine rings is 1. The lowest BCUT2D eigenvalue weighted by molar-refractivity contribution is 0.457. The molecule has 0 spiro atoms. The topological polar surface area (TPSA) is 34.1 Å². The minimum absolute atomic E-state index is 0.00538. The average Bonchev–Trinajstić information content (AvgIpc) is 2.41. The first-order valence-electron chi connectivity index (χ1n) is 6.41. The number of hydrogen-bond donors (Lipinski definition) is 1. The number of halogens is 2. The van der Waals surface area contributed by atoms with Crippen molar-refractivity contribution in [2.45, 2.75) is 19.9 Å². The van der Waals surface area contributed by atoms with Crippen LogP contribution in [-0.2, 0) is 0 Å². The van der Waals surface area contributed by atoms with E-state index in [1.54, 1.807) is 18.5 Å². The first kappa shape index (κ1) is 14.9. The van der Waals surface area contributed by atoms with Crippen LogP contribution in [0.3, 0.4) is 0 Å². The van der Waals surface area contributed by atoms with Crippen molar-refractivity contribution in [2.75, 3.05) is 6.54 Å². The first-order chi connectivity index (χ1) is 9.60.